The molecule has 2 heterocycles. The Morgan fingerprint density at radius 2 is 2.20 bits per heavy atom. The highest BCUT2D eigenvalue weighted by Crippen LogP contribution is 2.28. The molecule has 0 aliphatic rings. The lowest BCUT2D eigenvalue weighted by Gasteiger charge is -2.12. The molecule has 1 atom stereocenters. The maximum atomic E-state index is 5.71. The Labute approximate surface area is 125 Å². The van der Waals surface area contributed by atoms with E-state index >= 15 is 0 Å². The van der Waals surface area contributed by atoms with Crippen molar-refractivity contribution in [2.45, 2.75) is 25.8 Å². The predicted octanol–water partition coefficient (Wildman–Crippen LogP) is 2.46. The van der Waals surface area contributed by atoms with Gasteiger partial charge in [-0.15, -0.1) is 16.4 Å². The first kappa shape index (κ1) is 13.6. The number of nitrogens with two attached hydrogens (primary N) is 1. The largest absolute Gasteiger partial charge is 0.271 e. The van der Waals surface area contributed by atoms with Gasteiger partial charge in [0.25, 0.3) is 0 Å². The second-order valence-electron chi connectivity index (χ2n) is 4.44. The van der Waals surface area contributed by atoms with E-state index in [4.69, 9.17) is 5.84 Å². The van der Waals surface area contributed by atoms with Crippen molar-refractivity contribution >= 4 is 33.1 Å². The van der Waals surface area contributed by atoms with Gasteiger partial charge >= 0.3 is 0 Å². The molecule has 0 fully saturated rings. The summed E-state index contributed by atoms with van der Waals surface area (Å²) in [4.78, 5) is 5.76. The second-order valence-corrected chi connectivity index (χ2v) is 6.34. The number of thiazole rings is 1. The van der Waals surface area contributed by atoms with Crippen LogP contribution in [0.5, 0.6) is 0 Å². The zero-order valence-corrected chi connectivity index (χ0v) is 12.7. The van der Waals surface area contributed by atoms with Crippen molar-refractivity contribution in [1.82, 2.24) is 20.0 Å². The highest BCUT2D eigenvalue weighted by atomic mass is 32.1. The average molecular weight is 305 g/mol. The monoisotopic (exact) mass is 305 g/mol. The standard InChI is InChI=1S/C13H15N5S2/c1-2-8-13(20-18-17-8)10(16-14)7-12-15-9-5-3-4-6-11(9)19-12/h3-6,10,16H,2,7,14H2,1H3. The number of nitrogens with one attached hydrogen (secondary N) is 1. The summed E-state index contributed by atoms with van der Waals surface area (Å²) < 4.78 is 5.23. The van der Waals surface area contributed by atoms with E-state index in [0.29, 0.717) is 0 Å². The van der Waals surface area contributed by atoms with Crippen molar-refractivity contribution in [3.8, 4) is 0 Å². The summed E-state index contributed by atoms with van der Waals surface area (Å²) in [6.07, 6.45) is 1.62. The van der Waals surface area contributed by atoms with Gasteiger partial charge in [-0.3, -0.25) is 11.3 Å². The molecule has 0 saturated heterocycles. The Bertz CT molecular complexity index is 672. The van der Waals surface area contributed by atoms with Gasteiger partial charge in [0.05, 0.1) is 31.8 Å². The summed E-state index contributed by atoms with van der Waals surface area (Å²) >= 11 is 3.12. The van der Waals surface area contributed by atoms with Gasteiger partial charge < -0.3 is 0 Å². The normalized spacial score (nSPS) is 12.9. The fraction of sp³-hybridized carbons (Fsp3) is 0.308. The van der Waals surface area contributed by atoms with Crippen LogP contribution >= 0.6 is 22.9 Å². The van der Waals surface area contributed by atoms with Gasteiger partial charge in [-0.25, -0.2) is 4.98 Å². The number of hydrogen-bond acceptors (Lipinski definition) is 7. The molecule has 0 amide bonds. The van der Waals surface area contributed by atoms with Crippen molar-refractivity contribution in [3.05, 3.63) is 39.8 Å². The molecule has 0 spiro atoms. The minimum Gasteiger partial charge on any atom is -0.271 e. The molecule has 3 rings (SSSR count). The van der Waals surface area contributed by atoms with Crippen LogP contribution in [0.3, 0.4) is 0 Å². The zero-order chi connectivity index (χ0) is 13.9. The molecule has 5 nitrogen and oxygen atoms in total. The molecule has 2 aromatic heterocycles. The topological polar surface area (TPSA) is 76.7 Å². The Balaban J connectivity index is 1.87. The third-order valence-corrected chi connectivity index (χ3v) is 5.09. The molecular weight excluding hydrogens is 290 g/mol. The van der Waals surface area contributed by atoms with Crippen LogP contribution in [0.25, 0.3) is 10.2 Å². The Hall–Kier alpha value is -1.41. The molecule has 20 heavy (non-hydrogen) atoms. The lowest BCUT2D eigenvalue weighted by atomic mass is 10.1. The van der Waals surface area contributed by atoms with E-state index in [1.54, 1.807) is 11.3 Å². The van der Waals surface area contributed by atoms with Crippen LogP contribution in [-0.4, -0.2) is 14.6 Å². The number of aromatic nitrogens is 3. The number of nitrogens with zero attached hydrogens (tertiary/aromatic N) is 3. The van der Waals surface area contributed by atoms with Gasteiger partial charge in [0.1, 0.15) is 0 Å². The summed E-state index contributed by atoms with van der Waals surface area (Å²) in [7, 11) is 0. The molecule has 1 unspecified atom stereocenters. The third-order valence-electron chi connectivity index (χ3n) is 3.15. The molecule has 1 aromatic carbocycles. The van der Waals surface area contributed by atoms with Gasteiger partial charge in [0.2, 0.25) is 0 Å². The first-order valence-corrected chi connectivity index (χ1v) is 8.02. The van der Waals surface area contributed by atoms with Gasteiger partial charge in [0.15, 0.2) is 0 Å². The number of para-hydroxylation sites is 1. The number of aryl methyl sites for hydroxylation is 1. The quantitative estimate of drug-likeness (QED) is 0.559. The van der Waals surface area contributed by atoms with Gasteiger partial charge in [-0.05, 0) is 30.1 Å². The lowest BCUT2D eigenvalue weighted by Crippen LogP contribution is -2.29. The Kier molecular flexibility index (Phi) is 4.02. The first-order chi connectivity index (χ1) is 9.81. The zero-order valence-electron chi connectivity index (χ0n) is 11.0. The number of benzene rings is 1. The molecule has 0 radical (unpaired) electrons. The minimum absolute atomic E-state index is 0.0190. The number of fused-ring (bicyclic) bond motifs is 1. The molecule has 0 aliphatic heterocycles. The van der Waals surface area contributed by atoms with Crippen LogP contribution in [0.15, 0.2) is 24.3 Å². The van der Waals surface area contributed by atoms with Gasteiger partial charge in [0, 0.05) is 6.42 Å². The molecule has 3 aromatic rings. The van der Waals surface area contributed by atoms with Crippen molar-refractivity contribution in [2.24, 2.45) is 5.84 Å². The maximum absolute atomic E-state index is 5.71. The van der Waals surface area contributed by atoms with Gasteiger partial charge in [-0.1, -0.05) is 23.5 Å². The van der Waals surface area contributed by atoms with Crippen molar-refractivity contribution in [2.75, 3.05) is 0 Å². The van der Waals surface area contributed by atoms with E-state index in [1.807, 2.05) is 18.2 Å². The van der Waals surface area contributed by atoms with E-state index in [9.17, 15) is 0 Å². The SMILES string of the molecule is CCc1nnsc1C(Cc1nc2ccccc2s1)NN. The summed E-state index contributed by atoms with van der Waals surface area (Å²) in [6.45, 7) is 2.07. The van der Waals surface area contributed by atoms with Crippen molar-refractivity contribution in [3.63, 3.8) is 0 Å². The van der Waals surface area contributed by atoms with E-state index < -0.39 is 0 Å². The fourth-order valence-corrected chi connectivity index (χ4v) is 3.94. The Morgan fingerprint density at radius 3 is 2.95 bits per heavy atom. The molecule has 0 aliphatic carbocycles. The van der Waals surface area contributed by atoms with E-state index in [2.05, 4.69) is 33.0 Å². The van der Waals surface area contributed by atoms with Crippen LogP contribution in [-0.2, 0) is 12.8 Å². The van der Waals surface area contributed by atoms with E-state index in [-0.39, 0.29) is 6.04 Å². The van der Waals surface area contributed by atoms with E-state index in [1.165, 1.54) is 16.2 Å². The number of hydrazine groups is 1. The number of rotatable bonds is 5. The van der Waals surface area contributed by atoms with Crippen molar-refractivity contribution < 1.29 is 0 Å². The second kappa shape index (κ2) is 5.92. The Morgan fingerprint density at radius 1 is 1.35 bits per heavy atom. The van der Waals surface area contributed by atoms with Crippen molar-refractivity contribution in [1.29, 1.82) is 0 Å². The van der Waals surface area contributed by atoms with Crippen LogP contribution in [0, 0.1) is 0 Å². The smallest absolute Gasteiger partial charge is 0.0958 e. The van der Waals surface area contributed by atoms with Gasteiger partial charge in [-0.2, -0.15) is 0 Å². The summed E-state index contributed by atoms with van der Waals surface area (Å²) in [5.41, 5.74) is 4.93. The highest BCUT2D eigenvalue weighted by molar-refractivity contribution is 7.18. The first-order valence-electron chi connectivity index (χ1n) is 6.43. The highest BCUT2D eigenvalue weighted by Gasteiger charge is 2.19. The predicted molar refractivity (Wildman–Crippen MR) is 82.7 cm³/mol. The molecular formula is C13H15N5S2. The summed E-state index contributed by atoms with van der Waals surface area (Å²) in [6, 6.07) is 8.18. The fourth-order valence-electron chi connectivity index (χ4n) is 2.13. The average Bonchev–Trinajstić information content (AvgIpc) is 3.10. The molecule has 3 N–H and O–H groups in total. The van der Waals surface area contributed by atoms with E-state index in [0.717, 1.165) is 33.9 Å². The molecule has 104 valence electrons. The van der Waals surface area contributed by atoms with Crippen LogP contribution in [0.4, 0.5) is 0 Å². The lowest BCUT2D eigenvalue weighted by molar-refractivity contribution is 0.554. The van der Waals surface area contributed by atoms with Crippen LogP contribution in [0.2, 0.25) is 0 Å². The molecule has 0 bridgehead atoms. The minimum atomic E-state index is 0.0190. The summed E-state index contributed by atoms with van der Waals surface area (Å²) in [5, 5.41) is 5.22. The summed E-state index contributed by atoms with van der Waals surface area (Å²) in [5.74, 6) is 5.71. The third kappa shape index (κ3) is 2.57. The van der Waals surface area contributed by atoms with Crippen LogP contribution in [0.1, 0.15) is 28.5 Å². The molecule has 0 saturated carbocycles. The number of hydrogen-bond donors (Lipinski definition) is 2. The molecule has 7 heteroatoms. The maximum Gasteiger partial charge on any atom is 0.0958 e. The van der Waals surface area contributed by atoms with Crippen LogP contribution < -0.4 is 11.3 Å².